The minimum atomic E-state index is 0.348. The second kappa shape index (κ2) is 5.74. The molecular formula is C13H21N3S. The van der Waals surface area contributed by atoms with Crippen molar-refractivity contribution < 1.29 is 0 Å². The molecule has 2 atom stereocenters. The van der Waals surface area contributed by atoms with Crippen LogP contribution in [0, 0.1) is 6.92 Å². The molecule has 0 radical (unpaired) electrons. The lowest BCUT2D eigenvalue weighted by atomic mass is 9.97. The molecule has 2 rings (SSSR count). The molecule has 0 spiro atoms. The van der Waals surface area contributed by atoms with E-state index in [0.29, 0.717) is 17.1 Å². The highest BCUT2D eigenvalue weighted by Crippen LogP contribution is 2.38. The third kappa shape index (κ3) is 2.75. The van der Waals surface area contributed by atoms with Gasteiger partial charge in [0.25, 0.3) is 0 Å². The molecule has 2 heterocycles. The van der Waals surface area contributed by atoms with Gasteiger partial charge in [0.2, 0.25) is 0 Å². The predicted molar refractivity (Wildman–Crippen MR) is 75.3 cm³/mol. The standard InChI is InChI=1S/C13H21N3S/c1-3-15-12(10-5-4-8-17-10)11-9(2)6-7-16-13(11)14/h6-7,10,12,15H,3-5,8H2,1-2H3,(H2,14,16). The Hall–Kier alpha value is -0.740. The third-order valence-corrected chi connectivity index (χ3v) is 4.77. The quantitative estimate of drug-likeness (QED) is 0.863. The van der Waals surface area contributed by atoms with Gasteiger partial charge in [-0.3, -0.25) is 0 Å². The number of nitrogens with zero attached hydrogens (tertiary/aromatic N) is 1. The molecule has 3 N–H and O–H groups in total. The first-order chi connectivity index (χ1) is 8.24. The Labute approximate surface area is 108 Å². The van der Waals surface area contributed by atoms with E-state index in [1.165, 1.54) is 29.7 Å². The Kier molecular flexibility index (Phi) is 4.29. The van der Waals surface area contributed by atoms with E-state index < -0.39 is 0 Å². The Bertz CT molecular complexity index is 355. The maximum absolute atomic E-state index is 6.06. The lowest BCUT2D eigenvalue weighted by molar-refractivity contribution is 0.517. The largest absolute Gasteiger partial charge is 0.383 e. The average molecular weight is 251 g/mol. The highest BCUT2D eigenvalue weighted by molar-refractivity contribution is 8.00. The third-order valence-electron chi connectivity index (χ3n) is 3.31. The number of aromatic nitrogens is 1. The predicted octanol–water partition coefficient (Wildman–Crippen LogP) is 2.52. The van der Waals surface area contributed by atoms with Gasteiger partial charge in [-0.25, -0.2) is 4.98 Å². The van der Waals surface area contributed by atoms with Crippen LogP contribution in [0.4, 0.5) is 5.82 Å². The topological polar surface area (TPSA) is 50.9 Å². The molecule has 1 aromatic heterocycles. The summed E-state index contributed by atoms with van der Waals surface area (Å²) in [6.45, 7) is 5.24. The number of rotatable bonds is 4. The highest BCUT2D eigenvalue weighted by atomic mass is 32.2. The van der Waals surface area contributed by atoms with E-state index in [1.54, 1.807) is 6.20 Å². The fourth-order valence-electron chi connectivity index (χ4n) is 2.50. The van der Waals surface area contributed by atoms with Crippen LogP contribution in [0.1, 0.15) is 36.9 Å². The summed E-state index contributed by atoms with van der Waals surface area (Å²) in [6, 6.07) is 2.40. The molecule has 1 saturated heterocycles. The van der Waals surface area contributed by atoms with Gasteiger partial charge in [-0.15, -0.1) is 0 Å². The summed E-state index contributed by atoms with van der Waals surface area (Å²) in [7, 11) is 0. The zero-order valence-corrected chi connectivity index (χ0v) is 11.4. The van der Waals surface area contributed by atoms with Gasteiger partial charge >= 0.3 is 0 Å². The Morgan fingerprint density at radius 2 is 2.47 bits per heavy atom. The summed E-state index contributed by atoms with van der Waals surface area (Å²) in [5, 5.41) is 4.22. The normalized spacial score (nSPS) is 21.6. The van der Waals surface area contributed by atoms with Crippen LogP contribution in [0.5, 0.6) is 0 Å². The SMILES string of the molecule is CCNC(c1c(C)ccnc1N)C1CCCS1. The molecule has 0 bridgehead atoms. The number of hydrogen-bond acceptors (Lipinski definition) is 4. The molecule has 17 heavy (non-hydrogen) atoms. The van der Waals surface area contributed by atoms with E-state index in [1.807, 2.05) is 0 Å². The Balaban J connectivity index is 2.31. The molecule has 4 heteroatoms. The van der Waals surface area contributed by atoms with Gasteiger partial charge in [0.15, 0.2) is 0 Å². The van der Waals surface area contributed by atoms with Crippen molar-refractivity contribution in [1.82, 2.24) is 10.3 Å². The van der Waals surface area contributed by atoms with Crippen molar-refractivity contribution in [3.05, 3.63) is 23.4 Å². The number of aryl methyl sites for hydroxylation is 1. The molecular weight excluding hydrogens is 230 g/mol. The van der Waals surface area contributed by atoms with Crippen LogP contribution < -0.4 is 11.1 Å². The summed E-state index contributed by atoms with van der Waals surface area (Å²) < 4.78 is 0. The second-order valence-electron chi connectivity index (χ2n) is 4.51. The minimum Gasteiger partial charge on any atom is -0.383 e. The zero-order valence-electron chi connectivity index (χ0n) is 10.6. The van der Waals surface area contributed by atoms with Gasteiger partial charge in [0.05, 0.1) is 0 Å². The van der Waals surface area contributed by atoms with Crippen LogP contribution in [0.15, 0.2) is 12.3 Å². The molecule has 1 aliphatic rings. The number of nitrogens with one attached hydrogen (secondary N) is 1. The first-order valence-electron chi connectivity index (χ1n) is 6.30. The first kappa shape index (κ1) is 12.7. The smallest absolute Gasteiger partial charge is 0.128 e. The number of anilines is 1. The number of hydrogen-bond donors (Lipinski definition) is 2. The Morgan fingerprint density at radius 1 is 1.65 bits per heavy atom. The van der Waals surface area contributed by atoms with E-state index >= 15 is 0 Å². The summed E-state index contributed by atoms with van der Waals surface area (Å²) >= 11 is 2.06. The number of nitrogen functional groups attached to an aromatic ring is 1. The van der Waals surface area contributed by atoms with Crippen molar-refractivity contribution in [1.29, 1.82) is 0 Å². The molecule has 3 nitrogen and oxygen atoms in total. The molecule has 94 valence electrons. The molecule has 1 aromatic rings. The Morgan fingerprint density at radius 3 is 3.06 bits per heavy atom. The van der Waals surface area contributed by atoms with Gasteiger partial charge in [-0.1, -0.05) is 6.92 Å². The zero-order chi connectivity index (χ0) is 12.3. The summed E-state index contributed by atoms with van der Waals surface area (Å²) in [5.41, 5.74) is 8.51. The molecule has 0 aliphatic carbocycles. The van der Waals surface area contributed by atoms with Gasteiger partial charge in [-0.2, -0.15) is 11.8 Å². The van der Waals surface area contributed by atoms with E-state index in [2.05, 4.69) is 42.0 Å². The average Bonchev–Trinajstić information content (AvgIpc) is 2.80. The lowest BCUT2D eigenvalue weighted by Gasteiger charge is -2.26. The van der Waals surface area contributed by atoms with Crippen LogP contribution in [-0.4, -0.2) is 22.5 Å². The molecule has 2 unspecified atom stereocenters. The van der Waals surface area contributed by atoms with Crippen LogP contribution in [0.3, 0.4) is 0 Å². The monoisotopic (exact) mass is 251 g/mol. The first-order valence-corrected chi connectivity index (χ1v) is 7.35. The fraction of sp³-hybridized carbons (Fsp3) is 0.615. The van der Waals surface area contributed by atoms with Crippen molar-refractivity contribution in [3.63, 3.8) is 0 Å². The van der Waals surface area contributed by atoms with Crippen LogP contribution in [0.25, 0.3) is 0 Å². The van der Waals surface area contributed by atoms with Crippen molar-refractivity contribution in [3.8, 4) is 0 Å². The van der Waals surface area contributed by atoms with Crippen LogP contribution in [0.2, 0.25) is 0 Å². The maximum atomic E-state index is 6.06. The van der Waals surface area contributed by atoms with Crippen LogP contribution >= 0.6 is 11.8 Å². The van der Waals surface area contributed by atoms with Crippen LogP contribution in [-0.2, 0) is 0 Å². The van der Waals surface area contributed by atoms with E-state index in [4.69, 9.17) is 5.73 Å². The highest BCUT2D eigenvalue weighted by Gasteiger charge is 2.28. The van der Waals surface area contributed by atoms with E-state index in [9.17, 15) is 0 Å². The maximum Gasteiger partial charge on any atom is 0.128 e. The minimum absolute atomic E-state index is 0.348. The van der Waals surface area contributed by atoms with Gasteiger partial charge in [0.1, 0.15) is 5.82 Å². The fourth-order valence-corrected chi connectivity index (χ4v) is 3.89. The number of nitrogens with two attached hydrogens (primary N) is 1. The van der Waals surface area contributed by atoms with Gasteiger partial charge in [-0.05, 0) is 43.7 Å². The summed E-state index contributed by atoms with van der Waals surface area (Å²) in [5.74, 6) is 1.95. The number of thioether (sulfide) groups is 1. The molecule has 1 fully saturated rings. The van der Waals surface area contributed by atoms with Crippen molar-refractivity contribution in [2.45, 2.75) is 38.0 Å². The van der Waals surface area contributed by atoms with Gasteiger partial charge in [0, 0.05) is 23.1 Å². The lowest BCUT2D eigenvalue weighted by Crippen LogP contribution is -2.30. The van der Waals surface area contributed by atoms with E-state index in [-0.39, 0.29) is 0 Å². The molecule has 1 aliphatic heterocycles. The summed E-state index contributed by atoms with van der Waals surface area (Å²) in [4.78, 5) is 4.24. The summed E-state index contributed by atoms with van der Waals surface area (Å²) in [6.07, 6.45) is 4.38. The van der Waals surface area contributed by atoms with Crippen molar-refractivity contribution in [2.24, 2.45) is 0 Å². The number of pyridine rings is 1. The molecule has 0 saturated carbocycles. The molecule has 0 aromatic carbocycles. The molecule has 0 amide bonds. The van der Waals surface area contributed by atoms with E-state index in [0.717, 1.165) is 6.54 Å². The van der Waals surface area contributed by atoms with Gasteiger partial charge < -0.3 is 11.1 Å². The second-order valence-corrected chi connectivity index (χ2v) is 5.86. The van der Waals surface area contributed by atoms with Crippen molar-refractivity contribution >= 4 is 17.6 Å². The van der Waals surface area contributed by atoms with Crippen molar-refractivity contribution in [2.75, 3.05) is 18.0 Å².